The summed E-state index contributed by atoms with van der Waals surface area (Å²) in [6.07, 6.45) is 1.66. The second kappa shape index (κ2) is 6.09. The highest BCUT2D eigenvalue weighted by Crippen LogP contribution is 2.23. The van der Waals surface area contributed by atoms with Crippen molar-refractivity contribution >= 4 is 27.5 Å². The minimum absolute atomic E-state index is 0.0979. The summed E-state index contributed by atoms with van der Waals surface area (Å²) in [7, 11) is 1.32. The van der Waals surface area contributed by atoms with Crippen LogP contribution in [-0.4, -0.2) is 13.1 Å². The summed E-state index contributed by atoms with van der Waals surface area (Å²) in [6, 6.07) is 9.42. The second-order valence-corrected chi connectivity index (χ2v) is 3.84. The molecule has 0 aliphatic carbocycles. The SMILES string of the molecule is COC(=O)CC=C(C#N)c1ccccc1Br. The van der Waals surface area contributed by atoms with Crippen molar-refractivity contribution in [1.29, 1.82) is 5.26 Å². The Labute approximate surface area is 102 Å². The van der Waals surface area contributed by atoms with Crippen LogP contribution in [0, 0.1) is 11.3 Å². The number of ether oxygens (including phenoxy) is 1. The van der Waals surface area contributed by atoms with Gasteiger partial charge in [0.25, 0.3) is 0 Å². The molecule has 16 heavy (non-hydrogen) atoms. The largest absolute Gasteiger partial charge is 0.469 e. The van der Waals surface area contributed by atoms with Gasteiger partial charge in [-0.25, -0.2) is 0 Å². The van der Waals surface area contributed by atoms with Crippen LogP contribution in [-0.2, 0) is 9.53 Å². The molecule has 1 aromatic rings. The molecule has 0 heterocycles. The van der Waals surface area contributed by atoms with Crippen molar-refractivity contribution in [2.75, 3.05) is 7.11 Å². The third-order valence-electron chi connectivity index (χ3n) is 1.99. The van der Waals surface area contributed by atoms with Crippen LogP contribution in [0.1, 0.15) is 12.0 Å². The molecule has 0 aromatic heterocycles. The fraction of sp³-hybridized carbons (Fsp3) is 0.167. The normalized spacial score (nSPS) is 10.7. The highest BCUT2D eigenvalue weighted by Gasteiger charge is 2.05. The van der Waals surface area contributed by atoms with E-state index < -0.39 is 0 Å². The molecular formula is C12H10BrNO2. The molecule has 4 heteroatoms. The van der Waals surface area contributed by atoms with Gasteiger partial charge in [0.2, 0.25) is 0 Å². The van der Waals surface area contributed by atoms with Crippen molar-refractivity contribution in [3.8, 4) is 6.07 Å². The molecule has 0 aliphatic heterocycles. The Morgan fingerprint density at radius 1 is 1.56 bits per heavy atom. The van der Waals surface area contributed by atoms with E-state index in [0.717, 1.165) is 10.0 Å². The number of benzene rings is 1. The Balaban J connectivity index is 2.96. The number of carbonyl (C=O) groups is 1. The average molecular weight is 280 g/mol. The molecule has 0 saturated heterocycles. The summed E-state index contributed by atoms with van der Waals surface area (Å²) in [5.41, 5.74) is 1.23. The number of allylic oxidation sites excluding steroid dienone is 1. The molecule has 1 rings (SSSR count). The fourth-order valence-corrected chi connectivity index (χ4v) is 1.66. The van der Waals surface area contributed by atoms with Gasteiger partial charge in [0.15, 0.2) is 0 Å². The first-order chi connectivity index (χ1) is 7.69. The van der Waals surface area contributed by atoms with Crippen molar-refractivity contribution in [3.05, 3.63) is 40.4 Å². The number of esters is 1. The number of carbonyl (C=O) groups excluding carboxylic acids is 1. The number of rotatable bonds is 3. The Bertz CT molecular complexity index is 460. The fourth-order valence-electron chi connectivity index (χ4n) is 1.16. The average Bonchev–Trinajstić information content (AvgIpc) is 2.31. The maximum absolute atomic E-state index is 11.0. The predicted octanol–water partition coefficient (Wildman–Crippen LogP) is 2.92. The van der Waals surface area contributed by atoms with E-state index in [1.54, 1.807) is 6.08 Å². The van der Waals surface area contributed by atoms with Gasteiger partial charge in [-0.15, -0.1) is 0 Å². The van der Waals surface area contributed by atoms with E-state index in [1.165, 1.54) is 7.11 Å². The molecule has 0 unspecified atom stereocenters. The summed E-state index contributed by atoms with van der Waals surface area (Å²) >= 11 is 3.35. The quantitative estimate of drug-likeness (QED) is 0.631. The number of nitrogens with zero attached hydrogens (tertiary/aromatic N) is 1. The molecule has 0 amide bonds. The minimum atomic E-state index is -0.361. The van der Waals surface area contributed by atoms with Crippen molar-refractivity contribution in [2.45, 2.75) is 6.42 Å². The molecule has 0 atom stereocenters. The third kappa shape index (κ3) is 3.21. The highest BCUT2D eigenvalue weighted by molar-refractivity contribution is 9.10. The number of hydrogen-bond acceptors (Lipinski definition) is 3. The lowest BCUT2D eigenvalue weighted by molar-refractivity contribution is -0.139. The number of nitriles is 1. The highest BCUT2D eigenvalue weighted by atomic mass is 79.9. The van der Waals surface area contributed by atoms with Crippen LogP contribution >= 0.6 is 15.9 Å². The van der Waals surface area contributed by atoms with Crippen LogP contribution in [0.5, 0.6) is 0 Å². The van der Waals surface area contributed by atoms with Gasteiger partial charge >= 0.3 is 5.97 Å². The van der Waals surface area contributed by atoms with E-state index in [2.05, 4.69) is 26.7 Å². The van der Waals surface area contributed by atoms with Crippen LogP contribution in [0.4, 0.5) is 0 Å². The van der Waals surface area contributed by atoms with E-state index in [0.29, 0.717) is 5.57 Å². The van der Waals surface area contributed by atoms with Gasteiger partial charge in [-0.3, -0.25) is 4.79 Å². The molecule has 0 saturated carbocycles. The Morgan fingerprint density at radius 3 is 2.81 bits per heavy atom. The predicted molar refractivity (Wildman–Crippen MR) is 64.4 cm³/mol. The number of methoxy groups -OCH3 is 1. The monoisotopic (exact) mass is 279 g/mol. The topological polar surface area (TPSA) is 50.1 Å². The van der Waals surface area contributed by atoms with Crippen LogP contribution in [0.2, 0.25) is 0 Å². The van der Waals surface area contributed by atoms with Gasteiger partial charge in [0, 0.05) is 10.0 Å². The van der Waals surface area contributed by atoms with E-state index >= 15 is 0 Å². The van der Waals surface area contributed by atoms with Crippen LogP contribution in [0.3, 0.4) is 0 Å². The second-order valence-electron chi connectivity index (χ2n) is 2.99. The van der Waals surface area contributed by atoms with E-state index in [9.17, 15) is 4.79 Å². The summed E-state index contributed by atoms with van der Waals surface area (Å²) in [4.78, 5) is 11.0. The lowest BCUT2D eigenvalue weighted by Crippen LogP contribution is -1.97. The van der Waals surface area contributed by atoms with Crippen molar-refractivity contribution < 1.29 is 9.53 Å². The smallest absolute Gasteiger partial charge is 0.309 e. The van der Waals surface area contributed by atoms with E-state index in [4.69, 9.17) is 5.26 Å². The van der Waals surface area contributed by atoms with E-state index in [-0.39, 0.29) is 12.4 Å². The van der Waals surface area contributed by atoms with Gasteiger partial charge in [-0.1, -0.05) is 40.2 Å². The zero-order valence-corrected chi connectivity index (χ0v) is 10.3. The molecule has 0 bridgehead atoms. The van der Waals surface area contributed by atoms with Gasteiger partial charge < -0.3 is 4.74 Å². The molecule has 0 radical (unpaired) electrons. The van der Waals surface area contributed by atoms with Gasteiger partial charge in [-0.2, -0.15) is 5.26 Å². The first kappa shape index (κ1) is 12.5. The molecule has 0 N–H and O–H groups in total. The Hall–Kier alpha value is -1.60. The van der Waals surface area contributed by atoms with Crippen LogP contribution in [0.25, 0.3) is 5.57 Å². The summed E-state index contributed by atoms with van der Waals surface area (Å²) in [5.74, 6) is -0.361. The van der Waals surface area contributed by atoms with Crippen LogP contribution in [0.15, 0.2) is 34.8 Å². The zero-order chi connectivity index (χ0) is 12.0. The molecule has 3 nitrogen and oxygen atoms in total. The Morgan fingerprint density at radius 2 is 2.25 bits per heavy atom. The summed E-state index contributed by atoms with van der Waals surface area (Å²) in [6.45, 7) is 0. The molecule has 0 aliphatic rings. The zero-order valence-electron chi connectivity index (χ0n) is 8.74. The van der Waals surface area contributed by atoms with Crippen molar-refractivity contribution in [3.63, 3.8) is 0 Å². The van der Waals surface area contributed by atoms with Gasteiger partial charge in [0.05, 0.1) is 25.2 Å². The third-order valence-corrected chi connectivity index (χ3v) is 2.68. The lowest BCUT2D eigenvalue weighted by atomic mass is 10.1. The molecule has 0 spiro atoms. The summed E-state index contributed by atoms with van der Waals surface area (Å²) in [5, 5.41) is 9.00. The number of halogens is 1. The molecule has 82 valence electrons. The lowest BCUT2D eigenvalue weighted by Gasteiger charge is -2.01. The van der Waals surface area contributed by atoms with Gasteiger partial charge in [0.1, 0.15) is 0 Å². The van der Waals surface area contributed by atoms with E-state index in [1.807, 2.05) is 24.3 Å². The summed E-state index contributed by atoms with van der Waals surface area (Å²) < 4.78 is 5.33. The van der Waals surface area contributed by atoms with Crippen molar-refractivity contribution in [2.24, 2.45) is 0 Å². The Kier molecular flexibility index (Phi) is 4.74. The molecular weight excluding hydrogens is 270 g/mol. The van der Waals surface area contributed by atoms with Crippen molar-refractivity contribution in [1.82, 2.24) is 0 Å². The number of hydrogen-bond donors (Lipinski definition) is 0. The minimum Gasteiger partial charge on any atom is -0.469 e. The molecule has 0 fully saturated rings. The molecule has 1 aromatic carbocycles. The first-order valence-electron chi connectivity index (χ1n) is 4.61. The standard InChI is InChI=1S/C12H10BrNO2/c1-16-12(15)7-6-9(8-14)10-4-2-3-5-11(10)13/h2-6H,7H2,1H3. The van der Waals surface area contributed by atoms with Crippen LogP contribution < -0.4 is 0 Å². The maximum Gasteiger partial charge on any atom is 0.309 e. The maximum atomic E-state index is 11.0. The van der Waals surface area contributed by atoms with Gasteiger partial charge in [-0.05, 0) is 6.07 Å². The first-order valence-corrected chi connectivity index (χ1v) is 5.40.